The summed E-state index contributed by atoms with van der Waals surface area (Å²) < 4.78 is 18.4. The summed E-state index contributed by atoms with van der Waals surface area (Å²) in [4.78, 5) is 16.5. The summed E-state index contributed by atoms with van der Waals surface area (Å²) in [6.07, 6.45) is 1.48. The first-order chi connectivity index (χ1) is 13.2. The number of para-hydroxylation sites is 1. The van der Waals surface area contributed by atoms with Crippen molar-refractivity contribution in [2.75, 3.05) is 12.3 Å². The average Bonchev–Trinajstić information content (AvgIpc) is 3.34. The van der Waals surface area contributed by atoms with Crippen molar-refractivity contribution in [2.24, 2.45) is 0 Å². The van der Waals surface area contributed by atoms with E-state index in [9.17, 15) is 9.18 Å². The summed E-state index contributed by atoms with van der Waals surface area (Å²) in [6, 6.07) is 17.8. The molecule has 0 atom stereocenters. The summed E-state index contributed by atoms with van der Waals surface area (Å²) in [7, 11) is 0. The number of amides is 1. The van der Waals surface area contributed by atoms with Crippen molar-refractivity contribution in [2.45, 2.75) is 4.90 Å². The first-order valence-electron chi connectivity index (χ1n) is 8.53. The lowest BCUT2D eigenvalue weighted by molar-refractivity contribution is 0.0928. The van der Waals surface area contributed by atoms with Gasteiger partial charge in [0.05, 0.1) is 12.0 Å². The van der Waals surface area contributed by atoms with Gasteiger partial charge in [-0.2, -0.15) is 0 Å². The normalized spacial score (nSPS) is 11.0. The molecule has 0 radical (unpaired) electrons. The molecule has 2 aromatic heterocycles. The topological polar surface area (TPSA) is 58.0 Å². The smallest absolute Gasteiger partial charge is 0.287 e. The van der Waals surface area contributed by atoms with Crippen LogP contribution in [0.5, 0.6) is 0 Å². The fraction of sp³-hybridized carbons (Fsp3) is 0.0952. The lowest BCUT2D eigenvalue weighted by Crippen LogP contribution is -2.25. The molecule has 136 valence electrons. The van der Waals surface area contributed by atoms with E-state index in [-0.39, 0.29) is 11.7 Å². The van der Waals surface area contributed by atoms with Crippen LogP contribution in [0.25, 0.3) is 22.2 Å². The zero-order chi connectivity index (χ0) is 18.6. The number of hydrogen-bond acceptors (Lipinski definition) is 3. The van der Waals surface area contributed by atoms with Crippen molar-refractivity contribution in [3.8, 4) is 11.3 Å². The molecule has 0 fully saturated rings. The molecule has 0 aliphatic heterocycles. The van der Waals surface area contributed by atoms with E-state index >= 15 is 0 Å². The molecule has 0 aliphatic carbocycles. The van der Waals surface area contributed by atoms with Gasteiger partial charge in [-0.1, -0.05) is 18.2 Å². The zero-order valence-corrected chi connectivity index (χ0v) is 15.2. The molecular formula is C21H17FN2O2S. The highest BCUT2D eigenvalue weighted by atomic mass is 32.2. The molecule has 0 saturated heterocycles. The first kappa shape index (κ1) is 17.4. The summed E-state index contributed by atoms with van der Waals surface area (Å²) in [5.41, 5.74) is 2.91. The molecule has 27 heavy (non-hydrogen) atoms. The molecule has 0 aliphatic rings. The van der Waals surface area contributed by atoms with Gasteiger partial charge in [-0.15, -0.1) is 11.8 Å². The standard InChI is InChI=1S/C21H17FN2O2S/c22-15-9-7-14(8-10-15)19-20(16-4-1-2-5-17(16)24-19)27-13-11-23-21(25)18-6-3-12-26-18/h1-10,12,24H,11,13H2,(H,23,25). The third kappa shape index (κ3) is 3.75. The highest BCUT2D eigenvalue weighted by Crippen LogP contribution is 2.37. The van der Waals surface area contributed by atoms with Crippen LogP contribution in [0.4, 0.5) is 4.39 Å². The van der Waals surface area contributed by atoms with E-state index in [2.05, 4.69) is 16.4 Å². The predicted molar refractivity (Wildman–Crippen MR) is 105 cm³/mol. The van der Waals surface area contributed by atoms with E-state index in [0.717, 1.165) is 27.1 Å². The second-order valence-electron chi connectivity index (χ2n) is 5.96. The second-order valence-corrected chi connectivity index (χ2v) is 7.07. The third-order valence-corrected chi connectivity index (χ3v) is 5.29. The number of aromatic amines is 1. The molecule has 0 spiro atoms. The third-order valence-electron chi connectivity index (χ3n) is 4.17. The van der Waals surface area contributed by atoms with E-state index in [1.807, 2.05) is 18.2 Å². The molecule has 4 aromatic rings. The SMILES string of the molecule is O=C(NCCSc1c(-c2ccc(F)cc2)[nH]c2ccccc12)c1ccco1. The molecule has 2 heterocycles. The van der Waals surface area contributed by atoms with Gasteiger partial charge in [-0.3, -0.25) is 4.79 Å². The van der Waals surface area contributed by atoms with Crippen molar-refractivity contribution >= 4 is 28.6 Å². The molecule has 6 heteroatoms. The van der Waals surface area contributed by atoms with Crippen LogP contribution in [0.1, 0.15) is 10.6 Å². The number of H-pyrrole nitrogens is 1. The number of hydrogen-bond donors (Lipinski definition) is 2. The van der Waals surface area contributed by atoms with E-state index in [1.165, 1.54) is 18.4 Å². The number of thioether (sulfide) groups is 1. The van der Waals surface area contributed by atoms with Crippen LogP contribution in [0.15, 0.2) is 76.2 Å². The van der Waals surface area contributed by atoms with Gasteiger partial charge in [0.1, 0.15) is 5.82 Å². The Balaban J connectivity index is 1.52. The van der Waals surface area contributed by atoms with Crippen molar-refractivity contribution in [1.29, 1.82) is 0 Å². The Hall–Kier alpha value is -2.99. The number of halogens is 1. The van der Waals surface area contributed by atoms with Crippen molar-refractivity contribution in [3.05, 3.63) is 78.5 Å². The van der Waals surface area contributed by atoms with Crippen molar-refractivity contribution in [3.63, 3.8) is 0 Å². The van der Waals surface area contributed by atoms with E-state index in [1.54, 1.807) is 36.0 Å². The summed E-state index contributed by atoms with van der Waals surface area (Å²) >= 11 is 1.65. The van der Waals surface area contributed by atoms with Crippen LogP contribution < -0.4 is 5.32 Å². The van der Waals surface area contributed by atoms with Gasteiger partial charge in [-0.25, -0.2) is 4.39 Å². The van der Waals surface area contributed by atoms with Crippen LogP contribution in [0.2, 0.25) is 0 Å². The molecule has 0 unspecified atom stereocenters. The minimum absolute atomic E-state index is 0.224. The van der Waals surface area contributed by atoms with Gasteiger partial charge in [0.2, 0.25) is 0 Å². The van der Waals surface area contributed by atoms with Crippen LogP contribution in [-0.2, 0) is 0 Å². The number of aromatic nitrogens is 1. The van der Waals surface area contributed by atoms with Gasteiger partial charge in [0, 0.05) is 28.1 Å². The number of carbonyl (C=O) groups excluding carboxylic acids is 1. The number of fused-ring (bicyclic) bond motifs is 1. The van der Waals surface area contributed by atoms with Crippen LogP contribution in [0, 0.1) is 5.82 Å². The fourth-order valence-corrected chi connectivity index (χ4v) is 3.95. The monoisotopic (exact) mass is 380 g/mol. The van der Waals surface area contributed by atoms with Gasteiger partial charge in [0.25, 0.3) is 5.91 Å². The lowest BCUT2D eigenvalue weighted by Gasteiger charge is -2.06. The maximum atomic E-state index is 13.3. The van der Waals surface area contributed by atoms with Gasteiger partial charge >= 0.3 is 0 Å². The Morgan fingerprint density at radius 2 is 1.89 bits per heavy atom. The minimum Gasteiger partial charge on any atom is -0.459 e. The second kappa shape index (κ2) is 7.72. The number of rotatable bonds is 6. The number of carbonyl (C=O) groups is 1. The Morgan fingerprint density at radius 3 is 2.67 bits per heavy atom. The average molecular weight is 380 g/mol. The number of nitrogens with one attached hydrogen (secondary N) is 2. The Labute approximate surface area is 159 Å². The first-order valence-corrected chi connectivity index (χ1v) is 9.52. The molecular weight excluding hydrogens is 363 g/mol. The molecule has 0 saturated carbocycles. The maximum absolute atomic E-state index is 13.3. The lowest BCUT2D eigenvalue weighted by atomic mass is 10.1. The molecule has 0 bridgehead atoms. The summed E-state index contributed by atoms with van der Waals surface area (Å²) in [6.45, 7) is 0.507. The van der Waals surface area contributed by atoms with Gasteiger partial charge in [0.15, 0.2) is 5.76 Å². The highest BCUT2D eigenvalue weighted by molar-refractivity contribution is 7.99. The minimum atomic E-state index is -0.260. The van der Waals surface area contributed by atoms with Gasteiger partial charge < -0.3 is 14.7 Å². The van der Waals surface area contributed by atoms with Crippen LogP contribution >= 0.6 is 11.8 Å². The Bertz CT molecular complexity index is 1060. The highest BCUT2D eigenvalue weighted by Gasteiger charge is 2.14. The van der Waals surface area contributed by atoms with Crippen LogP contribution in [0.3, 0.4) is 0 Å². The van der Waals surface area contributed by atoms with Gasteiger partial charge in [-0.05, 0) is 48.0 Å². The molecule has 4 rings (SSSR count). The molecule has 4 nitrogen and oxygen atoms in total. The Morgan fingerprint density at radius 1 is 1.07 bits per heavy atom. The fourth-order valence-electron chi connectivity index (χ4n) is 2.90. The Kier molecular flexibility index (Phi) is 4.98. The van der Waals surface area contributed by atoms with Crippen molar-refractivity contribution < 1.29 is 13.6 Å². The summed E-state index contributed by atoms with van der Waals surface area (Å²) in [5, 5.41) is 3.96. The summed E-state index contributed by atoms with van der Waals surface area (Å²) in [5.74, 6) is 0.518. The number of furan rings is 1. The van der Waals surface area contributed by atoms with E-state index in [4.69, 9.17) is 4.42 Å². The molecule has 2 N–H and O–H groups in total. The zero-order valence-electron chi connectivity index (χ0n) is 14.4. The van der Waals surface area contributed by atoms with Crippen LogP contribution in [-0.4, -0.2) is 23.2 Å². The quantitative estimate of drug-likeness (QED) is 0.362. The van der Waals surface area contributed by atoms with Crippen molar-refractivity contribution in [1.82, 2.24) is 10.3 Å². The predicted octanol–water partition coefficient (Wildman–Crippen LogP) is 5.09. The molecule has 1 amide bonds. The number of benzene rings is 2. The largest absolute Gasteiger partial charge is 0.459 e. The maximum Gasteiger partial charge on any atom is 0.287 e. The van der Waals surface area contributed by atoms with E-state index in [0.29, 0.717) is 18.1 Å². The van der Waals surface area contributed by atoms with E-state index < -0.39 is 0 Å². The molecule has 2 aromatic carbocycles.